The number of aromatic nitrogens is 2. The third kappa shape index (κ3) is 3.58. The Kier molecular flexibility index (Phi) is 4.90. The maximum atomic E-state index is 12.4. The van der Waals surface area contributed by atoms with E-state index in [1.54, 1.807) is 6.07 Å². The summed E-state index contributed by atoms with van der Waals surface area (Å²) in [7, 11) is 0. The molecule has 0 bridgehead atoms. The predicted octanol–water partition coefficient (Wildman–Crippen LogP) is 2.03. The van der Waals surface area contributed by atoms with Crippen molar-refractivity contribution in [1.29, 1.82) is 0 Å². The number of primary amides is 1. The average molecular weight is 350 g/mol. The van der Waals surface area contributed by atoms with Crippen LogP contribution in [0, 0.1) is 0 Å². The summed E-state index contributed by atoms with van der Waals surface area (Å²) in [5.41, 5.74) is 6.43. The quantitative estimate of drug-likeness (QED) is 0.896. The SMILES string of the molecule is CCC(C(N)=O)c1ccnn(Cc2cccc(Br)c2)c1=O. The lowest BCUT2D eigenvalue weighted by Gasteiger charge is -2.12. The number of nitrogens with zero attached hydrogens (tertiary/aromatic N) is 2. The third-order valence-electron chi connectivity index (χ3n) is 3.29. The van der Waals surface area contributed by atoms with Crippen molar-refractivity contribution >= 4 is 21.8 Å². The molecule has 1 heterocycles. The smallest absolute Gasteiger partial charge is 0.271 e. The van der Waals surface area contributed by atoms with Crippen molar-refractivity contribution in [2.45, 2.75) is 25.8 Å². The molecule has 0 aliphatic heterocycles. The molecule has 1 unspecified atom stereocenters. The van der Waals surface area contributed by atoms with Gasteiger partial charge in [-0.1, -0.05) is 35.0 Å². The molecular formula is C15H16BrN3O2. The van der Waals surface area contributed by atoms with Crippen LogP contribution in [0.1, 0.15) is 30.4 Å². The maximum absolute atomic E-state index is 12.4. The van der Waals surface area contributed by atoms with Crippen molar-refractivity contribution in [2.75, 3.05) is 0 Å². The molecule has 1 aromatic heterocycles. The number of halogens is 1. The molecule has 2 rings (SSSR count). The minimum atomic E-state index is -0.575. The normalized spacial score (nSPS) is 12.1. The molecular weight excluding hydrogens is 334 g/mol. The van der Waals surface area contributed by atoms with Gasteiger partial charge in [0.2, 0.25) is 5.91 Å². The zero-order valence-electron chi connectivity index (χ0n) is 11.6. The summed E-state index contributed by atoms with van der Waals surface area (Å²) in [4.78, 5) is 23.9. The van der Waals surface area contributed by atoms with Crippen molar-refractivity contribution < 1.29 is 4.79 Å². The first-order chi connectivity index (χ1) is 10.0. The van der Waals surface area contributed by atoms with Gasteiger partial charge in [-0.2, -0.15) is 5.10 Å². The van der Waals surface area contributed by atoms with E-state index >= 15 is 0 Å². The van der Waals surface area contributed by atoms with E-state index in [4.69, 9.17) is 5.73 Å². The Balaban J connectivity index is 2.38. The molecule has 0 saturated carbocycles. The van der Waals surface area contributed by atoms with Crippen LogP contribution in [0.25, 0.3) is 0 Å². The van der Waals surface area contributed by atoms with Gasteiger partial charge in [0.15, 0.2) is 0 Å². The fourth-order valence-electron chi connectivity index (χ4n) is 2.23. The molecule has 6 heteroatoms. The molecule has 21 heavy (non-hydrogen) atoms. The summed E-state index contributed by atoms with van der Waals surface area (Å²) in [5.74, 6) is -1.07. The Morgan fingerprint density at radius 1 is 1.43 bits per heavy atom. The highest BCUT2D eigenvalue weighted by Gasteiger charge is 2.20. The standard InChI is InChI=1S/C15H16BrN3O2/c1-2-12(14(17)20)13-6-7-18-19(15(13)21)9-10-4-3-5-11(16)8-10/h3-8,12H,2,9H2,1H3,(H2,17,20). The number of benzene rings is 1. The van der Waals surface area contributed by atoms with Crippen LogP contribution in [0.3, 0.4) is 0 Å². The summed E-state index contributed by atoms with van der Waals surface area (Å²) in [6, 6.07) is 9.21. The molecule has 0 saturated heterocycles. The van der Waals surface area contributed by atoms with Crippen LogP contribution in [0.15, 0.2) is 45.8 Å². The zero-order chi connectivity index (χ0) is 15.4. The largest absolute Gasteiger partial charge is 0.369 e. The van der Waals surface area contributed by atoms with Crippen LogP contribution in [0.4, 0.5) is 0 Å². The van der Waals surface area contributed by atoms with Crippen LogP contribution >= 0.6 is 15.9 Å². The van der Waals surface area contributed by atoms with Crippen LogP contribution in [-0.4, -0.2) is 15.7 Å². The van der Waals surface area contributed by atoms with Crippen molar-refractivity contribution in [3.05, 3.63) is 62.5 Å². The Bertz CT molecular complexity index is 712. The first-order valence-corrected chi connectivity index (χ1v) is 7.42. The third-order valence-corrected chi connectivity index (χ3v) is 3.78. The molecule has 0 radical (unpaired) electrons. The monoisotopic (exact) mass is 349 g/mol. The van der Waals surface area contributed by atoms with Crippen molar-refractivity contribution in [3.63, 3.8) is 0 Å². The van der Waals surface area contributed by atoms with E-state index in [1.807, 2.05) is 31.2 Å². The zero-order valence-corrected chi connectivity index (χ0v) is 13.2. The lowest BCUT2D eigenvalue weighted by Crippen LogP contribution is -2.32. The molecule has 0 aliphatic carbocycles. The van der Waals surface area contributed by atoms with E-state index in [2.05, 4.69) is 21.0 Å². The van der Waals surface area contributed by atoms with Gasteiger partial charge in [0, 0.05) is 16.2 Å². The molecule has 1 aromatic carbocycles. The second-order valence-corrected chi connectivity index (χ2v) is 5.66. The van der Waals surface area contributed by atoms with E-state index in [1.165, 1.54) is 10.9 Å². The number of hydrogen-bond donors (Lipinski definition) is 1. The first kappa shape index (κ1) is 15.4. The predicted molar refractivity (Wildman–Crippen MR) is 84.0 cm³/mol. The molecule has 0 aliphatic rings. The molecule has 1 amide bonds. The minimum absolute atomic E-state index is 0.275. The van der Waals surface area contributed by atoms with E-state index < -0.39 is 11.8 Å². The highest BCUT2D eigenvalue weighted by atomic mass is 79.9. The number of hydrogen-bond acceptors (Lipinski definition) is 3. The molecule has 0 spiro atoms. The van der Waals surface area contributed by atoms with Gasteiger partial charge in [0.05, 0.1) is 12.5 Å². The average Bonchev–Trinajstić information content (AvgIpc) is 2.43. The highest BCUT2D eigenvalue weighted by molar-refractivity contribution is 9.10. The van der Waals surface area contributed by atoms with Crippen LogP contribution in [0.5, 0.6) is 0 Å². The van der Waals surface area contributed by atoms with Crippen LogP contribution in [-0.2, 0) is 11.3 Å². The Morgan fingerprint density at radius 2 is 2.19 bits per heavy atom. The first-order valence-electron chi connectivity index (χ1n) is 6.62. The lowest BCUT2D eigenvalue weighted by atomic mass is 9.98. The molecule has 0 fully saturated rings. The molecule has 1 atom stereocenters. The lowest BCUT2D eigenvalue weighted by molar-refractivity contribution is -0.119. The summed E-state index contributed by atoms with van der Waals surface area (Å²) in [5, 5.41) is 4.08. The van der Waals surface area contributed by atoms with Gasteiger partial charge in [-0.05, 0) is 30.2 Å². The summed E-state index contributed by atoms with van der Waals surface area (Å²) in [6.07, 6.45) is 2.02. The number of carbonyl (C=O) groups excluding carboxylic acids is 1. The summed E-state index contributed by atoms with van der Waals surface area (Å²) in [6.45, 7) is 2.18. The van der Waals surface area contributed by atoms with Gasteiger partial charge in [-0.15, -0.1) is 0 Å². The summed E-state index contributed by atoms with van der Waals surface area (Å²) >= 11 is 3.39. The molecule has 2 aromatic rings. The number of nitrogens with two attached hydrogens (primary N) is 1. The summed E-state index contributed by atoms with van der Waals surface area (Å²) < 4.78 is 2.29. The van der Waals surface area contributed by atoms with E-state index in [0.29, 0.717) is 18.5 Å². The Labute approximate surface area is 130 Å². The minimum Gasteiger partial charge on any atom is -0.369 e. The fourth-order valence-corrected chi connectivity index (χ4v) is 2.67. The van der Waals surface area contributed by atoms with Crippen molar-refractivity contribution in [1.82, 2.24) is 9.78 Å². The Hall–Kier alpha value is -1.95. The van der Waals surface area contributed by atoms with E-state index in [0.717, 1.165) is 10.0 Å². The molecule has 2 N–H and O–H groups in total. The topological polar surface area (TPSA) is 78.0 Å². The highest BCUT2D eigenvalue weighted by Crippen LogP contribution is 2.15. The second-order valence-electron chi connectivity index (χ2n) is 4.74. The van der Waals surface area contributed by atoms with Crippen molar-refractivity contribution in [2.24, 2.45) is 5.73 Å². The van der Waals surface area contributed by atoms with Gasteiger partial charge in [-0.25, -0.2) is 4.68 Å². The van der Waals surface area contributed by atoms with Crippen LogP contribution in [0.2, 0.25) is 0 Å². The van der Waals surface area contributed by atoms with Gasteiger partial charge < -0.3 is 5.73 Å². The van der Waals surface area contributed by atoms with Crippen molar-refractivity contribution in [3.8, 4) is 0 Å². The van der Waals surface area contributed by atoms with Gasteiger partial charge >= 0.3 is 0 Å². The molecule has 110 valence electrons. The Morgan fingerprint density at radius 3 is 2.81 bits per heavy atom. The molecule has 5 nitrogen and oxygen atoms in total. The fraction of sp³-hybridized carbons (Fsp3) is 0.267. The van der Waals surface area contributed by atoms with E-state index in [9.17, 15) is 9.59 Å². The maximum Gasteiger partial charge on any atom is 0.271 e. The van der Waals surface area contributed by atoms with Crippen LogP contribution < -0.4 is 11.3 Å². The van der Waals surface area contributed by atoms with Gasteiger partial charge in [0.1, 0.15) is 0 Å². The van der Waals surface area contributed by atoms with Gasteiger partial charge in [-0.3, -0.25) is 9.59 Å². The second kappa shape index (κ2) is 6.67. The number of amides is 1. The van der Waals surface area contributed by atoms with Gasteiger partial charge in [0.25, 0.3) is 5.56 Å². The van der Waals surface area contributed by atoms with E-state index in [-0.39, 0.29) is 5.56 Å². The number of rotatable bonds is 5. The number of carbonyl (C=O) groups is 1.